The summed E-state index contributed by atoms with van der Waals surface area (Å²) in [6, 6.07) is 0.578. The van der Waals surface area contributed by atoms with Crippen molar-refractivity contribution in [1.82, 2.24) is 4.90 Å². The Bertz CT molecular complexity index is 296. The minimum Gasteiger partial charge on any atom is -0.373 e. The SMILES string of the molecule is CC(C)CC1=CN(C)C2C=CC=CC12. The fourth-order valence-corrected chi connectivity index (χ4v) is 2.42. The molecule has 2 rings (SSSR count). The fourth-order valence-electron chi connectivity index (χ4n) is 2.42. The van der Waals surface area contributed by atoms with Crippen molar-refractivity contribution >= 4 is 0 Å². The molecule has 0 saturated heterocycles. The molecule has 0 radical (unpaired) electrons. The molecule has 0 amide bonds. The van der Waals surface area contributed by atoms with E-state index in [0.717, 1.165) is 5.92 Å². The van der Waals surface area contributed by atoms with Gasteiger partial charge in [-0.15, -0.1) is 0 Å². The highest BCUT2D eigenvalue weighted by Gasteiger charge is 2.30. The lowest BCUT2D eigenvalue weighted by Crippen LogP contribution is -2.27. The number of fused-ring (bicyclic) bond motifs is 1. The zero-order valence-corrected chi connectivity index (χ0v) is 9.27. The number of rotatable bonds is 2. The quantitative estimate of drug-likeness (QED) is 0.645. The third-order valence-electron chi connectivity index (χ3n) is 3.02. The lowest BCUT2D eigenvalue weighted by Gasteiger charge is -2.24. The molecule has 0 saturated carbocycles. The summed E-state index contributed by atoms with van der Waals surface area (Å²) in [7, 11) is 2.18. The average molecular weight is 189 g/mol. The maximum atomic E-state index is 2.34. The Morgan fingerprint density at radius 1 is 1.29 bits per heavy atom. The highest BCUT2D eigenvalue weighted by molar-refractivity contribution is 5.31. The first-order chi connectivity index (χ1) is 6.68. The first-order valence-corrected chi connectivity index (χ1v) is 5.46. The molecular weight excluding hydrogens is 170 g/mol. The summed E-state index contributed by atoms with van der Waals surface area (Å²) in [5, 5.41) is 0. The summed E-state index contributed by atoms with van der Waals surface area (Å²) in [4.78, 5) is 2.34. The van der Waals surface area contributed by atoms with Crippen molar-refractivity contribution in [3.8, 4) is 0 Å². The standard InChI is InChI=1S/C13H19N/c1-10(2)8-11-9-14(3)13-7-5-4-6-12(11)13/h4-7,9-10,12-13H,8H2,1-3H3. The van der Waals surface area contributed by atoms with Crippen molar-refractivity contribution < 1.29 is 0 Å². The van der Waals surface area contributed by atoms with E-state index in [-0.39, 0.29) is 0 Å². The lowest BCUT2D eigenvalue weighted by atomic mass is 9.87. The molecule has 1 heterocycles. The van der Waals surface area contributed by atoms with Crippen LogP contribution in [0, 0.1) is 11.8 Å². The molecule has 0 aromatic heterocycles. The molecule has 76 valence electrons. The molecule has 0 bridgehead atoms. The van der Waals surface area contributed by atoms with E-state index in [2.05, 4.69) is 56.3 Å². The molecule has 0 aromatic rings. The van der Waals surface area contributed by atoms with Crippen molar-refractivity contribution in [2.24, 2.45) is 11.8 Å². The van der Waals surface area contributed by atoms with Crippen LogP contribution in [0.15, 0.2) is 36.1 Å². The van der Waals surface area contributed by atoms with Crippen molar-refractivity contribution in [3.05, 3.63) is 36.1 Å². The van der Waals surface area contributed by atoms with Crippen LogP contribution in [0.3, 0.4) is 0 Å². The zero-order valence-electron chi connectivity index (χ0n) is 9.27. The maximum absolute atomic E-state index is 2.34. The molecule has 2 atom stereocenters. The van der Waals surface area contributed by atoms with E-state index in [1.165, 1.54) is 6.42 Å². The van der Waals surface area contributed by atoms with E-state index >= 15 is 0 Å². The molecule has 2 unspecified atom stereocenters. The van der Waals surface area contributed by atoms with Crippen LogP contribution in [-0.4, -0.2) is 18.0 Å². The Kier molecular flexibility index (Phi) is 2.49. The molecule has 2 aliphatic rings. The molecule has 0 N–H and O–H groups in total. The van der Waals surface area contributed by atoms with Crippen LogP contribution in [0.25, 0.3) is 0 Å². The second-order valence-electron chi connectivity index (χ2n) is 4.75. The Labute approximate surface area is 86.8 Å². The van der Waals surface area contributed by atoms with Gasteiger partial charge in [0.05, 0.1) is 6.04 Å². The number of hydrogen-bond donors (Lipinski definition) is 0. The van der Waals surface area contributed by atoms with Crippen LogP contribution in [-0.2, 0) is 0 Å². The van der Waals surface area contributed by atoms with Crippen LogP contribution in [0.4, 0.5) is 0 Å². The maximum Gasteiger partial charge on any atom is 0.0568 e. The van der Waals surface area contributed by atoms with Gasteiger partial charge in [0.1, 0.15) is 0 Å². The topological polar surface area (TPSA) is 3.24 Å². The van der Waals surface area contributed by atoms with Crippen LogP contribution < -0.4 is 0 Å². The minimum absolute atomic E-state index is 0.578. The summed E-state index contributed by atoms with van der Waals surface area (Å²) in [5.74, 6) is 1.39. The molecule has 14 heavy (non-hydrogen) atoms. The molecular formula is C13H19N. The molecule has 0 aromatic carbocycles. The lowest BCUT2D eigenvalue weighted by molar-refractivity contribution is 0.376. The van der Waals surface area contributed by atoms with Crippen molar-refractivity contribution in [2.45, 2.75) is 26.3 Å². The highest BCUT2D eigenvalue weighted by Crippen LogP contribution is 2.34. The van der Waals surface area contributed by atoms with E-state index in [9.17, 15) is 0 Å². The number of nitrogens with zero attached hydrogens (tertiary/aromatic N) is 1. The smallest absolute Gasteiger partial charge is 0.0568 e. The van der Waals surface area contributed by atoms with Crippen LogP contribution in [0.2, 0.25) is 0 Å². The fraction of sp³-hybridized carbons (Fsp3) is 0.538. The minimum atomic E-state index is 0.578. The average Bonchev–Trinajstić information content (AvgIpc) is 2.44. The second kappa shape index (κ2) is 3.64. The summed E-state index contributed by atoms with van der Waals surface area (Å²) in [6.07, 6.45) is 12.5. The van der Waals surface area contributed by atoms with Crippen molar-refractivity contribution in [3.63, 3.8) is 0 Å². The number of hydrogen-bond acceptors (Lipinski definition) is 1. The monoisotopic (exact) mass is 189 g/mol. The first-order valence-electron chi connectivity index (χ1n) is 5.46. The van der Waals surface area contributed by atoms with Crippen LogP contribution in [0.1, 0.15) is 20.3 Å². The Morgan fingerprint density at radius 2 is 2.00 bits per heavy atom. The molecule has 1 aliphatic heterocycles. The van der Waals surface area contributed by atoms with Crippen LogP contribution in [0.5, 0.6) is 0 Å². The molecule has 0 spiro atoms. The third-order valence-corrected chi connectivity index (χ3v) is 3.02. The predicted octanol–water partition coefficient (Wildman–Crippen LogP) is 2.97. The summed E-state index contributed by atoms with van der Waals surface area (Å²) in [5.41, 5.74) is 1.59. The van der Waals surface area contributed by atoms with E-state index in [0.29, 0.717) is 12.0 Å². The van der Waals surface area contributed by atoms with Gasteiger partial charge in [0.15, 0.2) is 0 Å². The Morgan fingerprint density at radius 3 is 2.71 bits per heavy atom. The highest BCUT2D eigenvalue weighted by atomic mass is 15.1. The Balaban J connectivity index is 2.15. The molecule has 1 heteroatoms. The Hall–Kier alpha value is -0.980. The second-order valence-corrected chi connectivity index (χ2v) is 4.75. The van der Waals surface area contributed by atoms with E-state index in [1.807, 2.05) is 0 Å². The van der Waals surface area contributed by atoms with Crippen molar-refractivity contribution in [2.75, 3.05) is 7.05 Å². The van der Waals surface area contributed by atoms with Gasteiger partial charge in [-0.3, -0.25) is 0 Å². The normalized spacial score (nSPS) is 29.7. The van der Waals surface area contributed by atoms with Gasteiger partial charge in [-0.05, 0) is 24.1 Å². The van der Waals surface area contributed by atoms with Gasteiger partial charge in [-0.25, -0.2) is 0 Å². The summed E-state index contributed by atoms with van der Waals surface area (Å²) in [6.45, 7) is 4.58. The number of allylic oxidation sites excluding steroid dienone is 2. The van der Waals surface area contributed by atoms with Gasteiger partial charge in [0.2, 0.25) is 0 Å². The predicted molar refractivity (Wildman–Crippen MR) is 60.9 cm³/mol. The summed E-state index contributed by atoms with van der Waals surface area (Å²) < 4.78 is 0. The summed E-state index contributed by atoms with van der Waals surface area (Å²) >= 11 is 0. The number of likely N-dealkylation sites (N-methyl/N-ethyl adjacent to an activating group) is 1. The van der Waals surface area contributed by atoms with Gasteiger partial charge in [0.25, 0.3) is 0 Å². The van der Waals surface area contributed by atoms with Crippen LogP contribution >= 0.6 is 0 Å². The first kappa shape index (κ1) is 9.57. The molecule has 0 fully saturated rings. The van der Waals surface area contributed by atoms with Gasteiger partial charge >= 0.3 is 0 Å². The van der Waals surface area contributed by atoms with E-state index in [4.69, 9.17) is 0 Å². The van der Waals surface area contributed by atoms with Gasteiger partial charge in [-0.2, -0.15) is 0 Å². The van der Waals surface area contributed by atoms with E-state index < -0.39 is 0 Å². The van der Waals surface area contributed by atoms with Gasteiger partial charge in [-0.1, -0.05) is 38.2 Å². The third kappa shape index (κ3) is 1.63. The van der Waals surface area contributed by atoms with Gasteiger partial charge < -0.3 is 4.90 Å². The molecule has 1 nitrogen and oxygen atoms in total. The zero-order chi connectivity index (χ0) is 10.1. The van der Waals surface area contributed by atoms with Crippen molar-refractivity contribution in [1.29, 1.82) is 0 Å². The van der Waals surface area contributed by atoms with E-state index in [1.54, 1.807) is 5.57 Å². The molecule has 1 aliphatic carbocycles. The van der Waals surface area contributed by atoms with Gasteiger partial charge in [0, 0.05) is 13.0 Å². The largest absolute Gasteiger partial charge is 0.373 e.